The third-order valence-corrected chi connectivity index (χ3v) is 5.53. The van der Waals surface area contributed by atoms with Crippen LogP contribution < -0.4 is 5.32 Å². The molecule has 0 saturated carbocycles. The van der Waals surface area contributed by atoms with Crippen molar-refractivity contribution >= 4 is 17.7 Å². The van der Waals surface area contributed by atoms with E-state index in [0.29, 0.717) is 18.2 Å². The molecule has 2 aromatic carbocycles. The normalized spacial score (nSPS) is 12.1. The van der Waals surface area contributed by atoms with Gasteiger partial charge in [-0.1, -0.05) is 86.3 Å². The summed E-state index contributed by atoms with van der Waals surface area (Å²) >= 11 is 1.42. The van der Waals surface area contributed by atoms with Crippen LogP contribution in [0.15, 0.2) is 65.8 Å². The van der Waals surface area contributed by atoms with Gasteiger partial charge in [0, 0.05) is 0 Å². The molecule has 0 fully saturated rings. The van der Waals surface area contributed by atoms with Crippen molar-refractivity contribution < 1.29 is 4.79 Å². The maximum atomic E-state index is 12.6. The summed E-state index contributed by atoms with van der Waals surface area (Å²) in [5.74, 6) is 1.46. The molecule has 146 valence electrons. The number of benzene rings is 2. The first-order valence-corrected chi connectivity index (χ1v) is 10.4. The number of carbonyl (C=O) groups is 1. The highest BCUT2D eigenvalue weighted by atomic mass is 32.2. The van der Waals surface area contributed by atoms with Gasteiger partial charge < -0.3 is 9.88 Å². The molecule has 28 heavy (non-hydrogen) atoms. The topological polar surface area (TPSA) is 59.8 Å². The number of hydrogen-bond acceptors (Lipinski definition) is 4. The van der Waals surface area contributed by atoms with Gasteiger partial charge in [-0.25, -0.2) is 0 Å². The Bertz CT molecular complexity index is 893. The van der Waals surface area contributed by atoms with E-state index in [1.54, 1.807) is 0 Å². The van der Waals surface area contributed by atoms with Crippen LogP contribution in [0.4, 0.5) is 0 Å². The average molecular weight is 395 g/mol. The van der Waals surface area contributed by atoms with Crippen molar-refractivity contribution in [2.75, 3.05) is 5.75 Å². The van der Waals surface area contributed by atoms with Crippen molar-refractivity contribution in [2.24, 2.45) is 5.92 Å². The fourth-order valence-electron chi connectivity index (χ4n) is 3.06. The van der Waals surface area contributed by atoms with E-state index in [9.17, 15) is 4.79 Å². The van der Waals surface area contributed by atoms with Crippen LogP contribution in [-0.4, -0.2) is 26.4 Å². The molecule has 1 atom stereocenters. The van der Waals surface area contributed by atoms with E-state index in [1.165, 1.54) is 17.3 Å². The fraction of sp³-hybridized carbons (Fsp3) is 0.318. The van der Waals surface area contributed by atoms with Crippen LogP contribution in [0.1, 0.15) is 36.8 Å². The molecular formula is C22H26N4OS. The Morgan fingerprint density at radius 2 is 1.68 bits per heavy atom. The maximum absolute atomic E-state index is 12.6. The van der Waals surface area contributed by atoms with Crippen LogP contribution in [0.5, 0.6) is 0 Å². The first kappa shape index (κ1) is 20.1. The predicted molar refractivity (Wildman–Crippen MR) is 113 cm³/mol. The smallest absolute Gasteiger partial charge is 0.230 e. The van der Waals surface area contributed by atoms with Crippen molar-refractivity contribution in [3.8, 4) is 0 Å². The maximum Gasteiger partial charge on any atom is 0.230 e. The van der Waals surface area contributed by atoms with E-state index in [2.05, 4.69) is 53.6 Å². The van der Waals surface area contributed by atoms with Gasteiger partial charge in [0.1, 0.15) is 5.82 Å². The molecule has 5 nitrogen and oxygen atoms in total. The number of aryl methyl sites for hydroxylation is 1. The van der Waals surface area contributed by atoms with Gasteiger partial charge in [-0.15, -0.1) is 10.2 Å². The Balaban J connectivity index is 1.63. The highest BCUT2D eigenvalue weighted by molar-refractivity contribution is 7.99. The van der Waals surface area contributed by atoms with Crippen LogP contribution in [0.3, 0.4) is 0 Å². The number of aromatic nitrogens is 3. The highest BCUT2D eigenvalue weighted by Gasteiger charge is 2.19. The Morgan fingerprint density at radius 3 is 2.32 bits per heavy atom. The minimum Gasteiger partial charge on any atom is -0.348 e. The fourth-order valence-corrected chi connectivity index (χ4v) is 3.85. The zero-order chi connectivity index (χ0) is 19.9. The zero-order valence-electron chi connectivity index (χ0n) is 16.5. The van der Waals surface area contributed by atoms with Gasteiger partial charge in [0.2, 0.25) is 5.91 Å². The Labute approximate surface area is 170 Å². The van der Waals surface area contributed by atoms with Crippen LogP contribution in [0, 0.1) is 12.8 Å². The molecule has 3 aromatic rings. The average Bonchev–Trinajstić information content (AvgIpc) is 3.05. The van der Waals surface area contributed by atoms with Gasteiger partial charge in [-0.2, -0.15) is 0 Å². The molecular weight excluding hydrogens is 368 g/mol. The summed E-state index contributed by atoms with van der Waals surface area (Å²) in [4.78, 5) is 12.6. The van der Waals surface area contributed by atoms with Crippen molar-refractivity contribution in [3.05, 3.63) is 77.6 Å². The lowest BCUT2D eigenvalue weighted by molar-refractivity contribution is -0.119. The van der Waals surface area contributed by atoms with Gasteiger partial charge in [0.15, 0.2) is 5.16 Å². The molecule has 0 aliphatic rings. The molecule has 0 radical (unpaired) electrons. The molecule has 6 heteroatoms. The molecule has 1 N–H and O–H groups in total. The van der Waals surface area contributed by atoms with E-state index in [1.807, 2.05) is 47.9 Å². The molecule has 1 amide bonds. The molecule has 3 rings (SSSR count). The highest BCUT2D eigenvalue weighted by Crippen LogP contribution is 2.23. The minimum atomic E-state index is -0.00164. The zero-order valence-corrected chi connectivity index (χ0v) is 17.3. The lowest BCUT2D eigenvalue weighted by atomic mass is 9.96. The monoisotopic (exact) mass is 394 g/mol. The Hall–Kier alpha value is -2.60. The summed E-state index contributed by atoms with van der Waals surface area (Å²) in [5.41, 5.74) is 2.31. The largest absolute Gasteiger partial charge is 0.348 e. The summed E-state index contributed by atoms with van der Waals surface area (Å²) in [6, 6.07) is 20.3. The molecule has 1 heterocycles. The third-order valence-electron chi connectivity index (χ3n) is 4.56. The summed E-state index contributed by atoms with van der Waals surface area (Å²) in [7, 11) is 0. The number of thioether (sulfide) groups is 1. The van der Waals surface area contributed by atoms with E-state index < -0.39 is 0 Å². The molecule has 0 aliphatic carbocycles. The van der Waals surface area contributed by atoms with Crippen molar-refractivity contribution in [2.45, 2.75) is 38.5 Å². The van der Waals surface area contributed by atoms with Crippen LogP contribution in [0.2, 0.25) is 0 Å². The first-order chi connectivity index (χ1) is 13.5. The number of amides is 1. The Kier molecular flexibility index (Phi) is 6.87. The van der Waals surface area contributed by atoms with Crippen molar-refractivity contribution in [1.82, 2.24) is 20.1 Å². The number of carbonyl (C=O) groups excluding carboxylic acids is 1. The summed E-state index contributed by atoms with van der Waals surface area (Å²) in [6.07, 6.45) is 0. The summed E-state index contributed by atoms with van der Waals surface area (Å²) in [6.45, 7) is 6.86. The summed E-state index contributed by atoms with van der Waals surface area (Å²) in [5, 5.41) is 12.4. The lowest BCUT2D eigenvalue weighted by Crippen LogP contribution is -2.33. The standard InChI is InChI=1S/C22H26N4OS/c1-16(2)21(19-12-8-5-9-13-19)23-20(27)15-28-22-25-24-17(3)26(22)14-18-10-6-4-7-11-18/h4-13,16,21H,14-15H2,1-3H3,(H,23,27). The predicted octanol–water partition coefficient (Wildman–Crippen LogP) is 4.24. The van der Waals surface area contributed by atoms with Crippen LogP contribution in [-0.2, 0) is 11.3 Å². The number of rotatable bonds is 8. The second-order valence-corrected chi connectivity index (χ2v) is 8.03. The van der Waals surface area contributed by atoms with Gasteiger partial charge in [-0.05, 0) is 24.0 Å². The van der Waals surface area contributed by atoms with Gasteiger partial charge in [0.25, 0.3) is 0 Å². The minimum absolute atomic E-state index is 0.000493. The SMILES string of the molecule is Cc1nnc(SCC(=O)NC(c2ccccc2)C(C)C)n1Cc1ccccc1. The second kappa shape index (κ2) is 9.55. The molecule has 0 saturated heterocycles. The van der Waals surface area contributed by atoms with Gasteiger partial charge in [0.05, 0.1) is 18.3 Å². The molecule has 1 unspecified atom stereocenters. The molecule has 0 spiro atoms. The van der Waals surface area contributed by atoms with E-state index in [-0.39, 0.29) is 11.9 Å². The van der Waals surface area contributed by atoms with Crippen molar-refractivity contribution in [3.63, 3.8) is 0 Å². The number of nitrogens with zero attached hydrogens (tertiary/aromatic N) is 3. The van der Waals surface area contributed by atoms with E-state index in [4.69, 9.17) is 0 Å². The van der Waals surface area contributed by atoms with Gasteiger partial charge >= 0.3 is 0 Å². The number of nitrogens with one attached hydrogen (secondary N) is 1. The summed E-state index contributed by atoms with van der Waals surface area (Å²) < 4.78 is 2.05. The van der Waals surface area contributed by atoms with Gasteiger partial charge in [-0.3, -0.25) is 4.79 Å². The lowest BCUT2D eigenvalue weighted by Gasteiger charge is -2.22. The van der Waals surface area contributed by atoms with Crippen molar-refractivity contribution in [1.29, 1.82) is 0 Å². The van der Waals surface area contributed by atoms with E-state index in [0.717, 1.165) is 16.5 Å². The quantitative estimate of drug-likeness (QED) is 0.581. The van der Waals surface area contributed by atoms with Crippen LogP contribution >= 0.6 is 11.8 Å². The third kappa shape index (κ3) is 5.23. The first-order valence-electron chi connectivity index (χ1n) is 9.45. The number of hydrogen-bond donors (Lipinski definition) is 1. The van der Waals surface area contributed by atoms with E-state index >= 15 is 0 Å². The Morgan fingerprint density at radius 1 is 1.04 bits per heavy atom. The van der Waals surface area contributed by atoms with Crippen LogP contribution in [0.25, 0.3) is 0 Å². The molecule has 1 aromatic heterocycles. The molecule has 0 aliphatic heterocycles. The second-order valence-electron chi connectivity index (χ2n) is 7.09. The molecule has 0 bridgehead atoms.